The minimum Gasteiger partial charge on any atom is -0.338 e. The first kappa shape index (κ1) is 16.4. The van der Waals surface area contributed by atoms with Gasteiger partial charge in [-0.05, 0) is 43.0 Å². The monoisotopic (exact) mass is 347 g/mol. The maximum absolute atomic E-state index is 13.1. The van der Waals surface area contributed by atoms with Crippen LogP contribution in [-0.2, 0) is 10.2 Å². The summed E-state index contributed by atoms with van der Waals surface area (Å²) in [4.78, 5) is 14.9. The third kappa shape index (κ3) is 2.98. The molecule has 1 fully saturated rings. The van der Waals surface area contributed by atoms with Crippen LogP contribution in [0, 0.1) is 0 Å². The lowest BCUT2D eigenvalue weighted by atomic mass is 9.93. The molecule has 0 bridgehead atoms. The Kier molecular flexibility index (Phi) is 4.39. The SMILES string of the molecule is CC(c1ccccc1)N(C)C(=O)C1(c2ccc(Cl)c(Cl)c2)CC1. The second kappa shape index (κ2) is 6.18. The largest absolute Gasteiger partial charge is 0.338 e. The van der Waals surface area contributed by atoms with Crippen molar-refractivity contribution >= 4 is 29.1 Å². The smallest absolute Gasteiger partial charge is 0.233 e. The van der Waals surface area contributed by atoms with E-state index in [0.717, 1.165) is 24.0 Å². The quantitative estimate of drug-likeness (QED) is 0.739. The molecule has 1 amide bonds. The lowest BCUT2D eigenvalue weighted by Crippen LogP contribution is -2.38. The standard InChI is InChI=1S/C19H19Cl2NO/c1-13(14-6-4-3-5-7-14)22(2)18(23)19(10-11-19)15-8-9-16(20)17(21)12-15/h3-9,12-13H,10-11H2,1-2H3. The number of hydrogen-bond donors (Lipinski definition) is 0. The molecule has 1 atom stereocenters. The summed E-state index contributed by atoms with van der Waals surface area (Å²) in [6, 6.07) is 15.6. The highest BCUT2D eigenvalue weighted by atomic mass is 35.5. The predicted octanol–water partition coefficient (Wildman–Crippen LogP) is 5.24. The van der Waals surface area contributed by atoms with Crippen molar-refractivity contribution in [1.82, 2.24) is 4.90 Å². The third-order valence-corrected chi connectivity index (χ3v) is 5.55. The van der Waals surface area contributed by atoms with Gasteiger partial charge in [-0.3, -0.25) is 4.79 Å². The Morgan fingerprint density at radius 1 is 1.09 bits per heavy atom. The molecule has 0 heterocycles. The zero-order chi connectivity index (χ0) is 16.6. The summed E-state index contributed by atoms with van der Waals surface area (Å²) in [6.07, 6.45) is 1.71. The number of benzene rings is 2. The molecule has 0 aliphatic heterocycles. The first-order chi connectivity index (χ1) is 11.0. The van der Waals surface area contributed by atoms with E-state index in [2.05, 4.69) is 6.92 Å². The van der Waals surface area contributed by atoms with E-state index in [9.17, 15) is 4.79 Å². The molecule has 4 heteroatoms. The Morgan fingerprint density at radius 3 is 2.30 bits per heavy atom. The second-order valence-corrected chi connectivity index (χ2v) is 7.03. The number of amides is 1. The van der Waals surface area contributed by atoms with Gasteiger partial charge in [-0.2, -0.15) is 0 Å². The molecule has 120 valence electrons. The molecule has 1 unspecified atom stereocenters. The van der Waals surface area contributed by atoms with E-state index < -0.39 is 5.41 Å². The fourth-order valence-corrected chi connectivity index (χ4v) is 3.31. The number of nitrogens with zero attached hydrogens (tertiary/aromatic N) is 1. The Morgan fingerprint density at radius 2 is 1.74 bits per heavy atom. The highest BCUT2D eigenvalue weighted by Gasteiger charge is 2.53. The van der Waals surface area contributed by atoms with Gasteiger partial charge in [-0.1, -0.05) is 59.6 Å². The summed E-state index contributed by atoms with van der Waals surface area (Å²) in [5, 5.41) is 1.02. The van der Waals surface area contributed by atoms with Gasteiger partial charge in [0, 0.05) is 7.05 Å². The number of likely N-dealkylation sites (N-methyl/N-ethyl adjacent to an activating group) is 1. The van der Waals surface area contributed by atoms with Crippen molar-refractivity contribution in [3.63, 3.8) is 0 Å². The maximum Gasteiger partial charge on any atom is 0.233 e. The molecular formula is C19H19Cl2NO. The number of hydrogen-bond acceptors (Lipinski definition) is 1. The zero-order valence-electron chi connectivity index (χ0n) is 13.2. The van der Waals surface area contributed by atoms with Crippen molar-refractivity contribution < 1.29 is 4.79 Å². The summed E-state index contributed by atoms with van der Waals surface area (Å²) in [5.41, 5.74) is 1.66. The molecule has 1 aliphatic carbocycles. The lowest BCUT2D eigenvalue weighted by Gasteiger charge is -2.30. The normalized spacial score (nSPS) is 16.7. The summed E-state index contributed by atoms with van der Waals surface area (Å²) < 4.78 is 0. The van der Waals surface area contributed by atoms with Crippen molar-refractivity contribution in [3.05, 3.63) is 69.7 Å². The van der Waals surface area contributed by atoms with Gasteiger partial charge in [0.2, 0.25) is 5.91 Å². The van der Waals surface area contributed by atoms with E-state index in [1.165, 1.54) is 0 Å². The minimum absolute atomic E-state index is 0.0314. The van der Waals surface area contributed by atoms with Crippen LogP contribution in [0.15, 0.2) is 48.5 Å². The molecule has 2 nitrogen and oxygen atoms in total. The van der Waals surface area contributed by atoms with E-state index in [1.807, 2.05) is 54.4 Å². The average Bonchev–Trinajstić information content (AvgIpc) is 3.38. The van der Waals surface area contributed by atoms with Gasteiger partial charge in [0.25, 0.3) is 0 Å². The van der Waals surface area contributed by atoms with Crippen LogP contribution >= 0.6 is 23.2 Å². The van der Waals surface area contributed by atoms with Crippen LogP contribution in [0.1, 0.15) is 36.9 Å². The van der Waals surface area contributed by atoms with Crippen molar-refractivity contribution in [2.45, 2.75) is 31.2 Å². The maximum atomic E-state index is 13.1. The Hall–Kier alpha value is -1.51. The fraction of sp³-hybridized carbons (Fsp3) is 0.316. The van der Waals surface area contributed by atoms with E-state index in [1.54, 1.807) is 6.07 Å². The first-order valence-electron chi connectivity index (χ1n) is 7.73. The van der Waals surface area contributed by atoms with Crippen LogP contribution in [0.2, 0.25) is 10.0 Å². The van der Waals surface area contributed by atoms with Gasteiger partial charge in [-0.15, -0.1) is 0 Å². The van der Waals surface area contributed by atoms with Crippen LogP contribution in [-0.4, -0.2) is 17.9 Å². The van der Waals surface area contributed by atoms with Crippen LogP contribution in [0.5, 0.6) is 0 Å². The molecule has 0 saturated heterocycles. The Balaban J connectivity index is 1.85. The van der Waals surface area contributed by atoms with Crippen molar-refractivity contribution in [1.29, 1.82) is 0 Å². The van der Waals surface area contributed by atoms with Crippen molar-refractivity contribution in [2.75, 3.05) is 7.05 Å². The number of halogens is 2. The van der Waals surface area contributed by atoms with Crippen LogP contribution in [0.4, 0.5) is 0 Å². The summed E-state index contributed by atoms with van der Waals surface area (Å²) in [5.74, 6) is 0.146. The van der Waals surface area contributed by atoms with Gasteiger partial charge < -0.3 is 4.90 Å². The summed E-state index contributed by atoms with van der Waals surface area (Å²) in [6.45, 7) is 2.05. The summed E-state index contributed by atoms with van der Waals surface area (Å²) in [7, 11) is 1.87. The highest BCUT2D eigenvalue weighted by Crippen LogP contribution is 2.51. The van der Waals surface area contributed by atoms with Gasteiger partial charge >= 0.3 is 0 Å². The second-order valence-electron chi connectivity index (χ2n) is 6.21. The fourth-order valence-electron chi connectivity index (χ4n) is 3.01. The minimum atomic E-state index is -0.438. The summed E-state index contributed by atoms with van der Waals surface area (Å²) >= 11 is 12.1. The third-order valence-electron chi connectivity index (χ3n) is 4.81. The van der Waals surface area contributed by atoms with Crippen LogP contribution in [0.3, 0.4) is 0 Å². The van der Waals surface area contributed by atoms with Gasteiger partial charge in [0.15, 0.2) is 0 Å². The lowest BCUT2D eigenvalue weighted by molar-refractivity contribution is -0.134. The number of carbonyl (C=O) groups is 1. The molecule has 0 aromatic heterocycles. The molecule has 0 radical (unpaired) electrons. The molecule has 0 N–H and O–H groups in total. The van der Waals surface area contributed by atoms with Crippen molar-refractivity contribution in [3.8, 4) is 0 Å². The number of carbonyl (C=O) groups excluding carboxylic acids is 1. The molecule has 23 heavy (non-hydrogen) atoms. The highest BCUT2D eigenvalue weighted by molar-refractivity contribution is 6.42. The van der Waals surface area contributed by atoms with Gasteiger partial charge in [-0.25, -0.2) is 0 Å². The molecule has 1 saturated carbocycles. The van der Waals surface area contributed by atoms with Crippen LogP contribution in [0.25, 0.3) is 0 Å². The first-order valence-corrected chi connectivity index (χ1v) is 8.49. The molecule has 0 spiro atoms. The Labute approximate surface area is 147 Å². The topological polar surface area (TPSA) is 20.3 Å². The van der Waals surface area contributed by atoms with E-state index in [-0.39, 0.29) is 11.9 Å². The number of rotatable bonds is 4. The predicted molar refractivity (Wildman–Crippen MR) is 95.0 cm³/mol. The van der Waals surface area contributed by atoms with Crippen molar-refractivity contribution in [2.24, 2.45) is 0 Å². The van der Waals surface area contributed by atoms with Gasteiger partial charge in [0.05, 0.1) is 21.5 Å². The average molecular weight is 348 g/mol. The molecule has 2 aromatic carbocycles. The Bertz CT molecular complexity index is 725. The molecular weight excluding hydrogens is 329 g/mol. The zero-order valence-corrected chi connectivity index (χ0v) is 14.7. The molecule has 1 aliphatic rings. The van der Waals surface area contributed by atoms with E-state index in [4.69, 9.17) is 23.2 Å². The molecule has 2 aromatic rings. The van der Waals surface area contributed by atoms with E-state index in [0.29, 0.717) is 10.0 Å². The van der Waals surface area contributed by atoms with E-state index >= 15 is 0 Å². The molecule has 3 rings (SSSR count). The van der Waals surface area contributed by atoms with Gasteiger partial charge in [0.1, 0.15) is 0 Å². The van der Waals surface area contributed by atoms with Crippen LogP contribution < -0.4 is 0 Å².